The molecule has 7 rings (SSSR count). The smallest absolute Gasteiger partial charge is 0.228 e. The van der Waals surface area contributed by atoms with Crippen LogP contribution in [0.25, 0.3) is 22.2 Å². The van der Waals surface area contributed by atoms with Crippen LogP contribution in [0.4, 0.5) is 25.3 Å². The largest absolute Gasteiger partial charge is 0.381 e. The van der Waals surface area contributed by atoms with Crippen LogP contribution in [0.1, 0.15) is 29.0 Å². The van der Waals surface area contributed by atoms with Crippen LogP contribution < -0.4 is 9.80 Å². The summed E-state index contributed by atoms with van der Waals surface area (Å²) in [5.74, 6) is -0.664. The van der Waals surface area contributed by atoms with Gasteiger partial charge in [-0.3, -0.25) is 4.79 Å². The number of carbonyl (C=O) groups is 1. The number of hydrogen-bond acceptors (Lipinski definition) is 8. The zero-order valence-electron chi connectivity index (χ0n) is 23.8. The van der Waals surface area contributed by atoms with E-state index in [9.17, 15) is 14.4 Å². The molecule has 2 aliphatic heterocycles. The third-order valence-electron chi connectivity index (χ3n) is 8.72. The fraction of sp³-hybridized carbons (Fsp3) is 0.375. The number of fused-ring (bicyclic) bond motifs is 2. The molecule has 11 heteroatoms. The number of hydrogen-bond donors (Lipinski definition) is 0. The fourth-order valence-electron chi connectivity index (χ4n) is 6.45. The number of thiazole rings is 1. The standard InChI is InChI=1S/C32H30F2N6O2S/c1-38(32-37-28(27(17-35)43-32)19-5-7-21(33)8-6-19)30-23-3-2-4-26(23)36-29-24(30)15-22(16-25(29)34)39-10-12-40(13-11-39)31(41)20-9-14-42-18-20/h5-8,15-16,20H,2-4,9-14,18H2,1H3/t20-/m1/s1. The highest BCUT2D eigenvalue weighted by molar-refractivity contribution is 7.16. The lowest BCUT2D eigenvalue weighted by Gasteiger charge is -2.37. The zero-order valence-corrected chi connectivity index (χ0v) is 24.6. The van der Waals surface area contributed by atoms with Gasteiger partial charge in [-0.1, -0.05) is 11.3 Å². The second kappa shape index (κ2) is 11.2. The van der Waals surface area contributed by atoms with Gasteiger partial charge in [0, 0.05) is 62.2 Å². The predicted octanol–water partition coefficient (Wildman–Crippen LogP) is 5.45. The Kier molecular flexibility index (Phi) is 7.19. The van der Waals surface area contributed by atoms with Crippen molar-refractivity contribution in [2.75, 3.05) is 56.2 Å². The van der Waals surface area contributed by atoms with E-state index in [-0.39, 0.29) is 23.5 Å². The van der Waals surface area contributed by atoms with Gasteiger partial charge in [-0.25, -0.2) is 18.7 Å². The van der Waals surface area contributed by atoms with Crippen molar-refractivity contribution < 1.29 is 18.3 Å². The van der Waals surface area contributed by atoms with E-state index in [1.54, 1.807) is 18.2 Å². The first kappa shape index (κ1) is 27.7. The number of halogens is 2. The SMILES string of the molecule is CN(c1nc(-c2ccc(F)cc2)c(C#N)s1)c1c2c(nc3c(F)cc(N4CCN(C(=O)[C@@H]5CCOC5)CC4)cc13)CCC2. The Balaban J connectivity index is 1.25. The molecular weight excluding hydrogens is 570 g/mol. The van der Waals surface area contributed by atoms with Crippen molar-refractivity contribution in [1.29, 1.82) is 5.26 Å². The molecular formula is C32H30F2N6O2S. The third-order valence-corrected chi connectivity index (χ3v) is 9.75. The minimum absolute atomic E-state index is 0.0630. The number of rotatable bonds is 5. The topological polar surface area (TPSA) is 85.6 Å². The summed E-state index contributed by atoms with van der Waals surface area (Å²) in [6.07, 6.45) is 3.29. The van der Waals surface area contributed by atoms with Crippen LogP contribution in [0, 0.1) is 28.9 Å². The van der Waals surface area contributed by atoms with Crippen LogP contribution in [-0.4, -0.2) is 67.2 Å². The highest BCUT2D eigenvalue weighted by atomic mass is 32.1. The van der Waals surface area contributed by atoms with E-state index in [1.807, 2.05) is 22.9 Å². The highest BCUT2D eigenvalue weighted by Crippen LogP contribution is 2.43. The van der Waals surface area contributed by atoms with E-state index >= 15 is 4.39 Å². The van der Waals surface area contributed by atoms with Crippen LogP contribution in [0.15, 0.2) is 36.4 Å². The van der Waals surface area contributed by atoms with Gasteiger partial charge < -0.3 is 19.4 Å². The number of aromatic nitrogens is 2. The molecule has 1 amide bonds. The molecule has 8 nitrogen and oxygen atoms in total. The van der Waals surface area contributed by atoms with Crippen LogP contribution in [0.5, 0.6) is 0 Å². The van der Waals surface area contributed by atoms with Crippen LogP contribution >= 0.6 is 11.3 Å². The lowest BCUT2D eigenvalue weighted by atomic mass is 10.0. The maximum absolute atomic E-state index is 15.8. The molecule has 2 fully saturated rings. The summed E-state index contributed by atoms with van der Waals surface area (Å²) in [5, 5.41) is 11.2. The van der Waals surface area contributed by atoms with Gasteiger partial charge in [-0.15, -0.1) is 0 Å². The average Bonchev–Trinajstić information content (AvgIpc) is 3.81. The molecule has 2 aromatic carbocycles. The van der Waals surface area contributed by atoms with Crippen molar-refractivity contribution >= 4 is 44.7 Å². The summed E-state index contributed by atoms with van der Waals surface area (Å²) in [5.41, 5.74) is 5.02. The number of carbonyl (C=O) groups excluding carboxylic acids is 1. The molecule has 4 heterocycles. The summed E-state index contributed by atoms with van der Waals surface area (Å²) in [7, 11) is 1.89. The predicted molar refractivity (Wildman–Crippen MR) is 162 cm³/mol. The summed E-state index contributed by atoms with van der Waals surface area (Å²) in [6, 6.07) is 11.7. The van der Waals surface area contributed by atoms with Crippen LogP contribution in [0.2, 0.25) is 0 Å². The van der Waals surface area contributed by atoms with E-state index in [0.717, 1.165) is 48.3 Å². The molecule has 220 valence electrons. The minimum Gasteiger partial charge on any atom is -0.381 e. The number of nitriles is 1. The first-order valence-corrected chi connectivity index (χ1v) is 15.4. The summed E-state index contributed by atoms with van der Waals surface area (Å²) in [4.78, 5) is 28.9. The molecule has 0 radical (unpaired) electrons. The normalized spacial score (nSPS) is 18.2. The molecule has 0 bridgehead atoms. The first-order chi connectivity index (χ1) is 20.9. The number of amides is 1. The number of aryl methyl sites for hydroxylation is 1. The Morgan fingerprint density at radius 2 is 1.91 bits per heavy atom. The number of piperazine rings is 1. The molecule has 1 aliphatic carbocycles. The van der Waals surface area contributed by atoms with E-state index < -0.39 is 0 Å². The van der Waals surface area contributed by atoms with Crippen molar-refractivity contribution in [2.45, 2.75) is 25.7 Å². The molecule has 4 aromatic rings. The number of ether oxygens (including phenoxy) is 1. The highest BCUT2D eigenvalue weighted by Gasteiger charge is 2.31. The van der Waals surface area contributed by atoms with E-state index in [0.29, 0.717) is 71.6 Å². The second-order valence-electron chi connectivity index (χ2n) is 11.3. The number of benzene rings is 2. The Labute approximate surface area is 252 Å². The molecule has 43 heavy (non-hydrogen) atoms. The Morgan fingerprint density at radius 3 is 2.63 bits per heavy atom. The van der Waals surface area contributed by atoms with E-state index in [4.69, 9.17) is 14.7 Å². The van der Waals surface area contributed by atoms with Gasteiger partial charge >= 0.3 is 0 Å². The van der Waals surface area contributed by atoms with Gasteiger partial charge in [0.25, 0.3) is 0 Å². The van der Waals surface area contributed by atoms with E-state index in [2.05, 4.69) is 11.0 Å². The summed E-state index contributed by atoms with van der Waals surface area (Å²) < 4.78 is 34.8. The number of nitrogens with zero attached hydrogens (tertiary/aromatic N) is 6. The molecule has 0 saturated carbocycles. The van der Waals surface area contributed by atoms with Gasteiger partial charge in [0.2, 0.25) is 5.91 Å². The Bertz CT molecular complexity index is 1750. The fourth-order valence-corrected chi connectivity index (χ4v) is 7.30. The first-order valence-electron chi connectivity index (χ1n) is 14.6. The van der Waals surface area contributed by atoms with Crippen LogP contribution in [0.3, 0.4) is 0 Å². The third kappa shape index (κ3) is 4.98. The lowest BCUT2D eigenvalue weighted by molar-refractivity contribution is -0.135. The molecule has 2 aromatic heterocycles. The van der Waals surface area contributed by atoms with Gasteiger partial charge in [0.1, 0.15) is 28.0 Å². The maximum atomic E-state index is 15.8. The minimum atomic E-state index is -0.387. The van der Waals surface area contributed by atoms with E-state index in [1.165, 1.54) is 23.5 Å². The molecule has 2 saturated heterocycles. The van der Waals surface area contributed by atoms with Gasteiger partial charge in [0.15, 0.2) is 10.9 Å². The number of pyridine rings is 1. The zero-order chi connectivity index (χ0) is 29.7. The van der Waals surface area contributed by atoms with Gasteiger partial charge in [-0.05, 0) is 67.6 Å². The van der Waals surface area contributed by atoms with Gasteiger partial charge in [0.05, 0.1) is 18.2 Å². The van der Waals surface area contributed by atoms with Crippen molar-refractivity contribution in [3.8, 4) is 17.3 Å². The monoisotopic (exact) mass is 600 g/mol. The Hall–Kier alpha value is -4.14. The maximum Gasteiger partial charge on any atom is 0.228 e. The van der Waals surface area contributed by atoms with Crippen molar-refractivity contribution in [3.05, 3.63) is 64.2 Å². The molecule has 0 unspecified atom stereocenters. The molecule has 0 spiro atoms. The molecule has 1 atom stereocenters. The van der Waals surface area contributed by atoms with Crippen LogP contribution in [-0.2, 0) is 22.4 Å². The average molecular weight is 601 g/mol. The summed E-state index contributed by atoms with van der Waals surface area (Å²) in [6.45, 7) is 3.48. The van der Waals surface area contributed by atoms with Crippen molar-refractivity contribution in [3.63, 3.8) is 0 Å². The lowest BCUT2D eigenvalue weighted by Crippen LogP contribution is -2.50. The molecule has 0 N–H and O–H groups in total. The second-order valence-corrected chi connectivity index (χ2v) is 12.3. The summed E-state index contributed by atoms with van der Waals surface area (Å²) >= 11 is 1.25. The quantitative estimate of drug-likeness (QED) is 0.301. The Morgan fingerprint density at radius 1 is 1.12 bits per heavy atom. The van der Waals surface area contributed by atoms with Gasteiger partial charge in [-0.2, -0.15) is 5.26 Å². The molecule has 3 aliphatic rings. The number of anilines is 3. The van der Waals surface area contributed by atoms with Crippen molar-refractivity contribution in [2.24, 2.45) is 5.92 Å². The van der Waals surface area contributed by atoms with Crippen molar-refractivity contribution in [1.82, 2.24) is 14.9 Å².